The number of rotatable bonds is 24. The van der Waals surface area contributed by atoms with Crippen molar-refractivity contribution in [2.45, 2.75) is 108 Å². The molecule has 1 aliphatic heterocycles. The number of aliphatic hydroxyl groups is 1. The van der Waals surface area contributed by atoms with Crippen LogP contribution in [0.25, 0.3) is 0 Å². The highest BCUT2D eigenvalue weighted by molar-refractivity contribution is 7.98. The summed E-state index contributed by atoms with van der Waals surface area (Å²) in [5, 5.41) is 32.3. The molecule has 54 heavy (non-hydrogen) atoms. The first kappa shape index (κ1) is 48.5. The third-order valence-electron chi connectivity index (χ3n) is 8.38. The molecule has 1 saturated heterocycles. The number of hydrogen-bond donors (Lipinski definition) is 12. The van der Waals surface area contributed by atoms with Gasteiger partial charge >= 0.3 is 5.97 Å². The smallest absolute Gasteiger partial charge is 0.327 e. The standard InChI is InChI=1S/C32H58N10O9S3/c1-16(2)13-21(27(46)41-24(17(3)43)29(48)40-22(15-53)31(50)51)39-28(47)23-8-6-11-42(23)30(49)20(9-12-54-4)38-26(45)19(7-5-10-36-32(34)35)37-25(44)18(33)14-52/h16-24,43,52-53H,5-15,33H2,1-4H3,(H,37,44)(H,38,45)(H,39,47)(H,40,48)(H,41,46)(H,50,51)(H4,34,35,36)/t17-,18+,19+,20+,21+,22+,23+,24+/m1/s1. The molecule has 22 heteroatoms. The summed E-state index contributed by atoms with van der Waals surface area (Å²) < 4.78 is 0. The molecule has 0 aromatic rings. The normalized spacial score (nSPS) is 17.9. The fourth-order valence-corrected chi connectivity index (χ4v) is 6.36. The van der Waals surface area contributed by atoms with Gasteiger partial charge in [0, 0.05) is 24.6 Å². The minimum atomic E-state index is -1.55. The number of aliphatic imine (C=N–C) groups is 1. The van der Waals surface area contributed by atoms with Crippen molar-refractivity contribution in [3.63, 3.8) is 0 Å². The predicted octanol–water partition coefficient (Wildman–Crippen LogP) is -3.09. The predicted molar refractivity (Wildman–Crippen MR) is 212 cm³/mol. The molecule has 0 unspecified atom stereocenters. The van der Waals surface area contributed by atoms with Crippen LogP contribution in [0.15, 0.2) is 4.99 Å². The Morgan fingerprint density at radius 3 is 2.00 bits per heavy atom. The summed E-state index contributed by atoms with van der Waals surface area (Å²) in [7, 11) is 0. The van der Waals surface area contributed by atoms with Crippen LogP contribution in [-0.2, 0) is 33.6 Å². The first-order valence-corrected chi connectivity index (χ1v) is 20.3. The molecule has 0 saturated carbocycles. The maximum atomic E-state index is 14.1. The number of aliphatic carboxylic acids is 1. The fourth-order valence-electron chi connectivity index (χ4n) is 5.48. The van der Waals surface area contributed by atoms with E-state index in [2.05, 4.69) is 56.8 Å². The van der Waals surface area contributed by atoms with E-state index < -0.39 is 89.8 Å². The van der Waals surface area contributed by atoms with Gasteiger partial charge in [0.15, 0.2) is 5.96 Å². The maximum Gasteiger partial charge on any atom is 0.327 e. The Kier molecular flexibility index (Phi) is 22.3. The second-order valence-corrected chi connectivity index (χ2v) is 15.0. The van der Waals surface area contributed by atoms with E-state index in [0.717, 1.165) is 0 Å². The summed E-state index contributed by atoms with van der Waals surface area (Å²) in [6.45, 7) is 5.24. The average Bonchev–Trinajstić information content (AvgIpc) is 3.61. The van der Waals surface area contributed by atoms with E-state index in [1.54, 1.807) is 0 Å². The Labute approximate surface area is 331 Å². The van der Waals surface area contributed by atoms with Crippen molar-refractivity contribution in [2.24, 2.45) is 28.1 Å². The molecule has 13 N–H and O–H groups in total. The van der Waals surface area contributed by atoms with E-state index >= 15 is 0 Å². The van der Waals surface area contributed by atoms with Gasteiger partial charge in [0.05, 0.1) is 12.1 Å². The van der Waals surface area contributed by atoms with Crippen LogP contribution in [0.4, 0.5) is 0 Å². The van der Waals surface area contributed by atoms with Crippen LogP contribution in [0.2, 0.25) is 0 Å². The van der Waals surface area contributed by atoms with Gasteiger partial charge in [0.25, 0.3) is 0 Å². The summed E-state index contributed by atoms with van der Waals surface area (Å²) in [6.07, 6.45) is 1.89. The molecule has 1 fully saturated rings. The zero-order valence-electron chi connectivity index (χ0n) is 31.2. The number of thioether (sulfide) groups is 1. The number of nitrogens with two attached hydrogens (primary N) is 3. The molecule has 19 nitrogen and oxygen atoms in total. The first-order valence-electron chi connectivity index (χ1n) is 17.6. The number of thiol groups is 2. The number of nitrogens with one attached hydrogen (secondary N) is 5. The van der Waals surface area contributed by atoms with Crippen LogP contribution in [0.1, 0.15) is 59.3 Å². The summed E-state index contributed by atoms with van der Waals surface area (Å²) in [6, 6.07) is -8.26. The molecular weight excluding hydrogens is 765 g/mol. The third-order valence-corrected chi connectivity index (χ3v) is 9.78. The number of carbonyl (C=O) groups excluding carboxylic acids is 6. The summed E-state index contributed by atoms with van der Waals surface area (Å²) in [4.78, 5) is 97.0. The van der Waals surface area contributed by atoms with Crippen molar-refractivity contribution < 1.29 is 43.8 Å². The molecule has 0 aliphatic carbocycles. The lowest BCUT2D eigenvalue weighted by Crippen LogP contribution is -2.61. The average molecular weight is 823 g/mol. The van der Waals surface area contributed by atoms with Gasteiger partial charge in [0.1, 0.15) is 36.3 Å². The summed E-state index contributed by atoms with van der Waals surface area (Å²) in [5.74, 6) is -5.53. The molecule has 308 valence electrons. The molecule has 8 atom stereocenters. The van der Waals surface area contributed by atoms with E-state index in [-0.39, 0.29) is 62.2 Å². The van der Waals surface area contributed by atoms with Crippen molar-refractivity contribution in [1.29, 1.82) is 0 Å². The first-order chi connectivity index (χ1) is 25.4. The number of hydrogen-bond acceptors (Lipinski definition) is 13. The zero-order valence-corrected chi connectivity index (χ0v) is 33.8. The largest absolute Gasteiger partial charge is 0.480 e. The molecular formula is C32H58N10O9S3. The Hall–Kier alpha value is -3.47. The number of aliphatic hydroxyl groups excluding tert-OH is 1. The summed E-state index contributed by atoms with van der Waals surface area (Å²) >= 11 is 9.40. The van der Waals surface area contributed by atoms with Gasteiger partial charge in [-0.15, -0.1) is 0 Å². The van der Waals surface area contributed by atoms with Crippen LogP contribution in [0, 0.1) is 5.92 Å². The van der Waals surface area contributed by atoms with Gasteiger partial charge in [-0.3, -0.25) is 33.8 Å². The van der Waals surface area contributed by atoms with Gasteiger partial charge in [-0.1, -0.05) is 13.8 Å². The van der Waals surface area contributed by atoms with E-state index in [0.29, 0.717) is 18.6 Å². The minimum absolute atomic E-state index is 0.0290. The highest BCUT2D eigenvalue weighted by atomic mass is 32.2. The maximum absolute atomic E-state index is 14.1. The Morgan fingerprint density at radius 2 is 1.46 bits per heavy atom. The van der Waals surface area contributed by atoms with Gasteiger partial charge < -0.3 is 58.9 Å². The Bertz CT molecular complexity index is 1320. The highest BCUT2D eigenvalue weighted by Gasteiger charge is 2.40. The second-order valence-electron chi connectivity index (χ2n) is 13.3. The van der Waals surface area contributed by atoms with Crippen LogP contribution in [0.3, 0.4) is 0 Å². The van der Waals surface area contributed by atoms with Gasteiger partial charge in [0.2, 0.25) is 35.4 Å². The molecule has 1 aliphatic rings. The van der Waals surface area contributed by atoms with Crippen LogP contribution >= 0.6 is 37.0 Å². The fraction of sp³-hybridized carbons (Fsp3) is 0.750. The van der Waals surface area contributed by atoms with Crippen LogP contribution in [-0.4, -0.2) is 147 Å². The molecule has 6 amide bonds. The summed E-state index contributed by atoms with van der Waals surface area (Å²) in [5.41, 5.74) is 16.6. The van der Waals surface area contributed by atoms with Crippen LogP contribution in [0.5, 0.6) is 0 Å². The topological polar surface area (TPSA) is 314 Å². The van der Waals surface area contributed by atoms with Crippen molar-refractivity contribution in [3.8, 4) is 0 Å². The monoisotopic (exact) mass is 822 g/mol. The molecule has 0 aromatic carbocycles. The lowest BCUT2D eigenvalue weighted by atomic mass is 10.0. The van der Waals surface area contributed by atoms with Crippen molar-refractivity contribution in [1.82, 2.24) is 31.5 Å². The van der Waals surface area contributed by atoms with E-state index in [1.807, 2.05) is 20.1 Å². The molecule has 0 aromatic heterocycles. The van der Waals surface area contributed by atoms with Crippen molar-refractivity contribution in [2.75, 3.05) is 36.6 Å². The van der Waals surface area contributed by atoms with E-state index in [9.17, 15) is 43.8 Å². The number of carbonyl (C=O) groups is 7. The SMILES string of the molecule is CSCC[C@H](NC(=O)[C@H](CCCN=C(N)N)NC(=O)[C@@H](N)CS)C(=O)N1CCC[C@H]1C(=O)N[C@@H](CC(C)C)C(=O)N[C@H](C(=O)N[C@@H](CS)C(=O)O)[C@@H](C)O. The van der Waals surface area contributed by atoms with Gasteiger partial charge in [-0.25, -0.2) is 4.79 Å². The molecule has 0 spiro atoms. The number of amides is 6. The molecule has 1 heterocycles. The number of carboxylic acids is 1. The molecule has 0 radical (unpaired) electrons. The number of guanidine groups is 1. The Morgan fingerprint density at radius 1 is 0.852 bits per heavy atom. The lowest BCUT2D eigenvalue weighted by Gasteiger charge is -2.31. The van der Waals surface area contributed by atoms with E-state index in [1.165, 1.54) is 23.6 Å². The zero-order chi connectivity index (χ0) is 41.1. The lowest BCUT2D eigenvalue weighted by molar-refractivity contribution is -0.143. The Balaban J connectivity index is 3.24. The van der Waals surface area contributed by atoms with Gasteiger partial charge in [-0.2, -0.15) is 37.0 Å². The number of likely N-dealkylation sites (tertiary alicyclic amines) is 1. The van der Waals surface area contributed by atoms with Crippen molar-refractivity contribution in [3.05, 3.63) is 0 Å². The number of carboxylic acid groups (broad SMARTS) is 1. The molecule has 0 bridgehead atoms. The quantitative estimate of drug-likeness (QED) is 0.0199. The highest BCUT2D eigenvalue weighted by Crippen LogP contribution is 2.21. The second kappa shape index (κ2) is 24.8. The van der Waals surface area contributed by atoms with E-state index in [4.69, 9.17) is 17.2 Å². The molecule has 1 rings (SSSR count). The van der Waals surface area contributed by atoms with Crippen LogP contribution < -0.4 is 43.8 Å². The van der Waals surface area contributed by atoms with Crippen molar-refractivity contribution >= 4 is 84.4 Å². The minimum Gasteiger partial charge on any atom is -0.480 e. The van der Waals surface area contributed by atoms with Gasteiger partial charge in [-0.05, 0) is 63.4 Å². The number of nitrogens with zero attached hydrogens (tertiary/aromatic N) is 2. The third kappa shape index (κ3) is 16.5.